The molecule has 0 saturated carbocycles. The second-order valence-electron chi connectivity index (χ2n) is 2.48. The topological polar surface area (TPSA) is 37.4 Å². The van der Waals surface area contributed by atoms with Gasteiger partial charge in [-0.15, -0.1) is 0 Å². The molecule has 1 saturated heterocycles. The van der Waals surface area contributed by atoms with Gasteiger partial charge in [0.1, 0.15) is 0 Å². The summed E-state index contributed by atoms with van der Waals surface area (Å²) in [5.41, 5.74) is 0. The Kier molecular flexibility index (Phi) is 3.08. The van der Waals surface area contributed by atoms with E-state index in [0.29, 0.717) is 18.3 Å². The summed E-state index contributed by atoms with van der Waals surface area (Å²) < 4.78 is 22.9. The molecule has 1 atom stereocenters. The van der Waals surface area contributed by atoms with E-state index in [1.165, 1.54) is 4.31 Å². The highest BCUT2D eigenvalue weighted by Gasteiger charge is 2.24. The summed E-state index contributed by atoms with van der Waals surface area (Å²) in [6.45, 7) is 3.08. The Balaban J connectivity index is 2.60. The number of nitrogens with zero attached hydrogens (tertiary/aromatic N) is 1. The zero-order valence-electron chi connectivity index (χ0n) is 6.16. The van der Waals surface area contributed by atoms with Gasteiger partial charge in [-0.25, -0.2) is 0 Å². The lowest BCUT2D eigenvalue weighted by molar-refractivity contribution is 0.435. The van der Waals surface area contributed by atoms with Crippen LogP contribution >= 0.6 is 22.4 Å². The quantitative estimate of drug-likeness (QED) is 0.611. The van der Waals surface area contributed by atoms with E-state index in [1.807, 2.05) is 6.92 Å². The zero-order valence-corrected chi connectivity index (χ0v) is 8.55. The highest BCUT2D eigenvalue weighted by molar-refractivity contribution is 8.12. The van der Waals surface area contributed by atoms with E-state index in [1.54, 1.807) is 11.8 Å². The summed E-state index contributed by atoms with van der Waals surface area (Å²) in [6, 6.07) is 0. The maximum atomic E-state index is 10.8. The van der Waals surface area contributed by atoms with Crippen molar-refractivity contribution in [3.05, 3.63) is 0 Å². The number of rotatable bonds is 1. The Morgan fingerprint density at radius 2 is 2.27 bits per heavy atom. The molecule has 1 aliphatic heterocycles. The molecule has 1 fully saturated rings. The molecular formula is C5H10ClNO2S2. The lowest BCUT2D eigenvalue weighted by atomic mass is 10.4. The summed E-state index contributed by atoms with van der Waals surface area (Å²) >= 11 is 1.77. The molecule has 0 aromatic heterocycles. The first-order valence-corrected chi connectivity index (χ1v) is 6.63. The Hall–Kier alpha value is 0.550. The molecule has 3 nitrogen and oxygen atoms in total. The Bertz CT molecular complexity index is 229. The fraction of sp³-hybridized carbons (Fsp3) is 1.00. The average molecular weight is 216 g/mol. The Labute approximate surface area is 75.6 Å². The lowest BCUT2D eigenvalue weighted by Gasteiger charge is -2.26. The molecule has 1 heterocycles. The molecule has 1 aliphatic rings. The van der Waals surface area contributed by atoms with Gasteiger partial charge in [-0.1, -0.05) is 6.92 Å². The van der Waals surface area contributed by atoms with Crippen LogP contribution < -0.4 is 0 Å². The van der Waals surface area contributed by atoms with Gasteiger partial charge in [0.2, 0.25) is 0 Å². The lowest BCUT2D eigenvalue weighted by Crippen LogP contribution is -2.38. The fourth-order valence-electron chi connectivity index (χ4n) is 0.985. The number of hydrogen-bond donors (Lipinski definition) is 0. The Morgan fingerprint density at radius 1 is 1.64 bits per heavy atom. The van der Waals surface area contributed by atoms with Crippen LogP contribution in [-0.4, -0.2) is 36.8 Å². The minimum absolute atomic E-state index is 0.359. The summed E-state index contributed by atoms with van der Waals surface area (Å²) in [4.78, 5) is 0. The van der Waals surface area contributed by atoms with Crippen molar-refractivity contribution in [2.24, 2.45) is 0 Å². The van der Waals surface area contributed by atoms with E-state index < -0.39 is 9.24 Å². The van der Waals surface area contributed by atoms with Crippen molar-refractivity contribution >= 4 is 31.7 Å². The molecule has 0 N–H and O–H groups in total. The third-order valence-electron chi connectivity index (χ3n) is 1.51. The van der Waals surface area contributed by atoms with Crippen molar-refractivity contribution in [1.82, 2.24) is 4.31 Å². The van der Waals surface area contributed by atoms with Crippen molar-refractivity contribution in [2.75, 3.05) is 18.8 Å². The highest BCUT2D eigenvalue weighted by Crippen LogP contribution is 2.21. The zero-order chi connectivity index (χ0) is 8.48. The van der Waals surface area contributed by atoms with Crippen molar-refractivity contribution in [3.8, 4) is 0 Å². The van der Waals surface area contributed by atoms with E-state index in [2.05, 4.69) is 0 Å². The molecule has 11 heavy (non-hydrogen) atoms. The van der Waals surface area contributed by atoms with E-state index in [4.69, 9.17) is 10.7 Å². The summed E-state index contributed by atoms with van der Waals surface area (Å²) in [5.74, 6) is 0.840. The van der Waals surface area contributed by atoms with Crippen LogP contribution in [0.25, 0.3) is 0 Å². The molecule has 0 aromatic rings. The van der Waals surface area contributed by atoms with E-state index in [-0.39, 0.29) is 0 Å². The average Bonchev–Trinajstić information content (AvgIpc) is 1.86. The number of thioether (sulfide) groups is 1. The predicted octanol–water partition coefficient (Wildman–Crippen LogP) is 0.907. The van der Waals surface area contributed by atoms with Crippen molar-refractivity contribution < 1.29 is 8.42 Å². The van der Waals surface area contributed by atoms with Crippen molar-refractivity contribution in [2.45, 2.75) is 12.2 Å². The van der Waals surface area contributed by atoms with Crippen LogP contribution in [0.1, 0.15) is 6.92 Å². The summed E-state index contributed by atoms with van der Waals surface area (Å²) in [6.07, 6.45) is 0. The summed E-state index contributed by atoms with van der Waals surface area (Å²) in [5, 5.41) is 0.359. The maximum absolute atomic E-state index is 10.8. The van der Waals surface area contributed by atoms with Crippen LogP contribution in [0.2, 0.25) is 0 Å². The normalized spacial score (nSPS) is 28.7. The van der Waals surface area contributed by atoms with Crippen LogP contribution in [0, 0.1) is 0 Å². The van der Waals surface area contributed by atoms with Crippen LogP contribution in [0.3, 0.4) is 0 Å². The Morgan fingerprint density at radius 3 is 2.64 bits per heavy atom. The molecule has 0 aliphatic carbocycles. The van der Waals surface area contributed by atoms with Crippen molar-refractivity contribution in [3.63, 3.8) is 0 Å². The second-order valence-corrected chi connectivity index (χ2v) is 6.54. The minimum Gasteiger partial charge on any atom is -0.195 e. The molecule has 1 rings (SSSR count). The van der Waals surface area contributed by atoms with Crippen LogP contribution in [0.4, 0.5) is 0 Å². The highest BCUT2D eigenvalue weighted by atomic mass is 35.7. The van der Waals surface area contributed by atoms with Gasteiger partial charge in [0.25, 0.3) is 9.24 Å². The van der Waals surface area contributed by atoms with Gasteiger partial charge in [0, 0.05) is 34.8 Å². The van der Waals surface area contributed by atoms with Gasteiger partial charge >= 0.3 is 0 Å². The first-order valence-electron chi connectivity index (χ1n) is 3.31. The second kappa shape index (κ2) is 3.51. The predicted molar refractivity (Wildman–Crippen MR) is 48.3 cm³/mol. The smallest absolute Gasteiger partial charge is 0.195 e. The van der Waals surface area contributed by atoms with E-state index >= 15 is 0 Å². The first kappa shape index (κ1) is 9.64. The van der Waals surface area contributed by atoms with Crippen molar-refractivity contribution in [1.29, 1.82) is 0 Å². The van der Waals surface area contributed by atoms with Gasteiger partial charge in [-0.05, 0) is 0 Å². The standard InChI is InChI=1S/C5H10ClNO2S2/c1-5-4-7(2-3-10-5)11(6,8)9/h5H,2-4H2,1H3. The largest absolute Gasteiger partial charge is 0.299 e. The van der Waals surface area contributed by atoms with Gasteiger partial charge in [-0.2, -0.15) is 24.5 Å². The van der Waals surface area contributed by atoms with Crippen LogP contribution in [0.15, 0.2) is 0 Å². The molecule has 0 aromatic carbocycles. The molecular weight excluding hydrogens is 206 g/mol. The molecule has 0 bridgehead atoms. The summed E-state index contributed by atoms with van der Waals surface area (Å²) in [7, 11) is 1.70. The monoisotopic (exact) mass is 215 g/mol. The van der Waals surface area contributed by atoms with E-state index in [0.717, 1.165) is 5.75 Å². The van der Waals surface area contributed by atoms with Gasteiger partial charge in [0.05, 0.1) is 0 Å². The van der Waals surface area contributed by atoms with Gasteiger partial charge in [-0.3, -0.25) is 0 Å². The molecule has 66 valence electrons. The van der Waals surface area contributed by atoms with Crippen LogP contribution in [0.5, 0.6) is 0 Å². The van der Waals surface area contributed by atoms with Gasteiger partial charge < -0.3 is 0 Å². The number of halogens is 1. The third-order valence-corrected chi connectivity index (χ3v) is 4.18. The number of hydrogen-bond acceptors (Lipinski definition) is 3. The molecule has 1 unspecified atom stereocenters. The fourth-order valence-corrected chi connectivity index (χ4v) is 3.30. The SMILES string of the molecule is CC1CN(S(=O)(=O)Cl)CCS1. The van der Waals surface area contributed by atoms with Crippen LogP contribution in [-0.2, 0) is 9.24 Å². The minimum atomic E-state index is -3.47. The first-order chi connectivity index (χ1) is 5.00. The molecule has 0 amide bonds. The maximum Gasteiger partial charge on any atom is 0.299 e. The molecule has 6 heteroatoms. The third kappa shape index (κ3) is 2.82. The van der Waals surface area contributed by atoms with Gasteiger partial charge in [0.15, 0.2) is 0 Å². The molecule has 0 radical (unpaired) electrons. The molecule has 0 spiro atoms. The van der Waals surface area contributed by atoms with E-state index in [9.17, 15) is 8.42 Å².